The molecule has 1 saturated carbocycles. The smallest absolute Gasteiger partial charge is 0.149 e. The number of pyridine rings is 2. The predicted octanol–water partition coefficient (Wildman–Crippen LogP) is 3.63. The molecule has 1 fully saturated rings. The van der Waals surface area contributed by atoms with Crippen molar-refractivity contribution in [3.63, 3.8) is 0 Å². The molecule has 0 amide bonds. The van der Waals surface area contributed by atoms with Crippen LogP contribution in [0, 0.1) is 11.8 Å². The van der Waals surface area contributed by atoms with E-state index in [1.54, 1.807) is 12.4 Å². The summed E-state index contributed by atoms with van der Waals surface area (Å²) in [4.78, 5) is 18.3. The number of nitrogens with two attached hydrogens (primary N) is 1. The fraction of sp³-hybridized carbons (Fsp3) is 0.296. The van der Waals surface area contributed by atoms with Gasteiger partial charge < -0.3 is 20.9 Å². The first-order valence-corrected chi connectivity index (χ1v) is 11.8. The van der Waals surface area contributed by atoms with E-state index in [9.17, 15) is 0 Å². The fourth-order valence-corrected chi connectivity index (χ4v) is 5.43. The molecule has 0 spiro atoms. The van der Waals surface area contributed by atoms with E-state index < -0.39 is 0 Å². The van der Waals surface area contributed by atoms with E-state index in [1.165, 1.54) is 12.8 Å². The molecular formula is C27H29N7. The van der Waals surface area contributed by atoms with Gasteiger partial charge in [0.25, 0.3) is 0 Å². The van der Waals surface area contributed by atoms with Crippen LogP contribution in [0.3, 0.4) is 0 Å². The van der Waals surface area contributed by atoms with Gasteiger partial charge in [0, 0.05) is 36.1 Å². The normalized spacial score (nSPS) is 23.7. The van der Waals surface area contributed by atoms with E-state index in [1.807, 2.05) is 30.5 Å². The van der Waals surface area contributed by atoms with Gasteiger partial charge in [0.05, 0.1) is 22.6 Å². The number of hydrogen-bond donors (Lipinski definition) is 2. The third-order valence-corrected chi connectivity index (χ3v) is 7.02. The van der Waals surface area contributed by atoms with Crippen molar-refractivity contribution < 1.29 is 0 Å². The van der Waals surface area contributed by atoms with Crippen molar-refractivity contribution in [3.05, 3.63) is 78.4 Å². The molecule has 3 aromatic rings. The molecular weight excluding hydrogens is 422 g/mol. The highest BCUT2D eigenvalue weighted by molar-refractivity contribution is 6.05. The molecule has 2 aliphatic heterocycles. The molecule has 1 unspecified atom stereocenters. The number of amidine groups is 1. The van der Waals surface area contributed by atoms with E-state index >= 15 is 0 Å². The molecule has 6 rings (SSSR count). The monoisotopic (exact) mass is 451 g/mol. The Bertz CT molecular complexity index is 1320. The Morgan fingerprint density at radius 3 is 2.74 bits per heavy atom. The fourth-order valence-electron chi connectivity index (χ4n) is 5.43. The number of fused-ring (bicyclic) bond motifs is 2. The van der Waals surface area contributed by atoms with Gasteiger partial charge in [-0.1, -0.05) is 24.3 Å². The first-order valence-electron chi connectivity index (χ1n) is 11.8. The van der Waals surface area contributed by atoms with Crippen molar-refractivity contribution in [2.24, 2.45) is 22.6 Å². The number of nitrogens with one attached hydrogen (secondary N) is 1. The highest BCUT2D eigenvalue weighted by atomic mass is 15.4. The van der Waals surface area contributed by atoms with Gasteiger partial charge in [-0.05, 0) is 63.0 Å². The number of aliphatic imine (C=N–C) groups is 1. The minimum atomic E-state index is 0.192. The number of benzene rings is 1. The van der Waals surface area contributed by atoms with Crippen LogP contribution < -0.4 is 11.1 Å². The van der Waals surface area contributed by atoms with E-state index in [2.05, 4.69) is 63.5 Å². The minimum Gasteiger partial charge on any atom is -0.382 e. The Morgan fingerprint density at radius 1 is 1.09 bits per heavy atom. The van der Waals surface area contributed by atoms with Crippen LogP contribution in [0.1, 0.15) is 18.4 Å². The molecule has 4 heterocycles. The summed E-state index contributed by atoms with van der Waals surface area (Å²) in [6, 6.07) is 16.4. The summed E-state index contributed by atoms with van der Waals surface area (Å²) in [6.07, 6.45) is 8.26. The molecule has 3 aliphatic rings. The first kappa shape index (κ1) is 20.9. The SMILES string of the molecule is CN(C)CC1CC(C2NC(c3ccc4ccc(-c5ccccn5)nc4c3)=C3C(N)=NC=CN32)C1. The predicted molar refractivity (Wildman–Crippen MR) is 136 cm³/mol. The zero-order chi connectivity index (χ0) is 23.2. The summed E-state index contributed by atoms with van der Waals surface area (Å²) in [5, 5.41) is 4.90. The maximum atomic E-state index is 6.40. The summed E-state index contributed by atoms with van der Waals surface area (Å²) in [7, 11) is 4.30. The second-order valence-corrected chi connectivity index (χ2v) is 9.71. The van der Waals surface area contributed by atoms with Crippen molar-refractivity contribution in [2.45, 2.75) is 19.0 Å². The Balaban J connectivity index is 1.34. The molecule has 0 bridgehead atoms. The average molecular weight is 452 g/mol. The summed E-state index contributed by atoms with van der Waals surface area (Å²) < 4.78 is 0. The van der Waals surface area contributed by atoms with Gasteiger partial charge in [-0.15, -0.1) is 0 Å². The highest BCUT2D eigenvalue weighted by Gasteiger charge is 2.43. The second kappa shape index (κ2) is 8.25. The maximum absolute atomic E-state index is 6.40. The molecule has 172 valence electrons. The molecule has 1 atom stereocenters. The second-order valence-electron chi connectivity index (χ2n) is 9.71. The molecule has 34 heavy (non-hydrogen) atoms. The van der Waals surface area contributed by atoms with E-state index in [-0.39, 0.29) is 6.17 Å². The number of nitrogens with zero attached hydrogens (tertiary/aromatic N) is 5. The third-order valence-electron chi connectivity index (χ3n) is 7.02. The highest BCUT2D eigenvalue weighted by Crippen LogP contribution is 2.43. The Hall–Kier alpha value is -3.71. The molecule has 0 saturated heterocycles. The van der Waals surface area contributed by atoms with Crippen molar-refractivity contribution in [1.82, 2.24) is 25.1 Å². The molecule has 3 N–H and O–H groups in total. The quantitative estimate of drug-likeness (QED) is 0.617. The van der Waals surface area contributed by atoms with Gasteiger partial charge in [0.2, 0.25) is 0 Å². The summed E-state index contributed by atoms with van der Waals surface area (Å²) in [5.74, 6) is 1.87. The Labute approximate surface area is 199 Å². The number of rotatable bonds is 5. The van der Waals surface area contributed by atoms with Crippen LogP contribution in [0.25, 0.3) is 28.0 Å². The van der Waals surface area contributed by atoms with Gasteiger partial charge in [0.15, 0.2) is 0 Å². The lowest BCUT2D eigenvalue weighted by Gasteiger charge is -2.43. The van der Waals surface area contributed by atoms with E-state index in [4.69, 9.17) is 10.7 Å². The Morgan fingerprint density at radius 2 is 1.94 bits per heavy atom. The standard InChI is InChI=1S/C27H29N7/c1-33(2)16-17-13-20(14-17)27-32-24(25-26(28)30-11-12-34(25)27)19-7-6-18-8-9-22(31-23(18)15-19)21-5-3-4-10-29-21/h3-12,15,17,20,27,32H,13-14,16H2,1-2H3,(H2,28,30). The van der Waals surface area contributed by atoms with E-state index in [0.29, 0.717) is 11.8 Å². The third kappa shape index (κ3) is 3.62. The summed E-state index contributed by atoms with van der Waals surface area (Å²) in [6.45, 7) is 1.14. The molecule has 7 heteroatoms. The van der Waals surface area contributed by atoms with Crippen LogP contribution in [-0.2, 0) is 0 Å². The van der Waals surface area contributed by atoms with Crippen molar-refractivity contribution in [2.75, 3.05) is 20.6 Å². The average Bonchev–Trinajstić information content (AvgIpc) is 3.21. The van der Waals surface area contributed by atoms with Gasteiger partial charge in [-0.2, -0.15) is 0 Å². The maximum Gasteiger partial charge on any atom is 0.149 e. The zero-order valence-electron chi connectivity index (χ0n) is 19.5. The molecule has 7 nitrogen and oxygen atoms in total. The molecule has 1 aliphatic carbocycles. The lowest BCUT2D eigenvalue weighted by Crippen LogP contribution is -2.49. The Kier molecular flexibility index (Phi) is 5.07. The van der Waals surface area contributed by atoms with Crippen LogP contribution in [-0.4, -0.2) is 52.4 Å². The zero-order valence-corrected chi connectivity index (χ0v) is 19.5. The first-order chi connectivity index (χ1) is 16.6. The number of hydrogen-bond acceptors (Lipinski definition) is 7. The minimum absolute atomic E-state index is 0.192. The van der Waals surface area contributed by atoms with Crippen molar-refractivity contribution >= 4 is 22.4 Å². The van der Waals surface area contributed by atoms with Crippen LogP contribution in [0.2, 0.25) is 0 Å². The van der Waals surface area contributed by atoms with E-state index in [0.717, 1.165) is 51.7 Å². The van der Waals surface area contributed by atoms with Crippen LogP contribution >= 0.6 is 0 Å². The lowest BCUT2D eigenvalue weighted by molar-refractivity contribution is 0.0833. The molecule has 0 radical (unpaired) electrons. The van der Waals surface area contributed by atoms with Gasteiger partial charge >= 0.3 is 0 Å². The topological polar surface area (TPSA) is 82.7 Å². The van der Waals surface area contributed by atoms with Crippen molar-refractivity contribution in [1.29, 1.82) is 0 Å². The van der Waals surface area contributed by atoms with Crippen LogP contribution in [0.15, 0.2) is 77.8 Å². The molecule has 1 aromatic carbocycles. The van der Waals surface area contributed by atoms with Gasteiger partial charge in [-0.3, -0.25) is 4.98 Å². The van der Waals surface area contributed by atoms with Gasteiger partial charge in [-0.25, -0.2) is 9.98 Å². The molecule has 2 aromatic heterocycles. The van der Waals surface area contributed by atoms with Crippen molar-refractivity contribution in [3.8, 4) is 11.4 Å². The van der Waals surface area contributed by atoms with Crippen LogP contribution in [0.4, 0.5) is 0 Å². The van der Waals surface area contributed by atoms with Crippen LogP contribution in [0.5, 0.6) is 0 Å². The largest absolute Gasteiger partial charge is 0.382 e. The lowest BCUT2D eigenvalue weighted by atomic mass is 9.72. The van der Waals surface area contributed by atoms with Gasteiger partial charge in [0.1, 0.15) is 17.7 Å². The number of aromatic nitrogens is 2. The summed E-state index contributed by atoms with van der Waals surface area (Å²) in [5.41, 5.74) is 12.1. The summed E-state index contributed by atoms with van der Waals surface area (Å²) >= 11 is 0.